The number of halogens is 3. The van der Waals surface area contributed by atoms with Gasteiger partial charge in [0.2, 0.25) is 10.0 Å². The lowest BCUT2D eigenvalue weighted by atomic mass is 10.5. The Morgan fingerprint density at radius 3 is 2.63 bits per heavy atom. The fourth-order valence-electron chi connectivity index (χ4n) is 1.13. The fraction of sp³-hybridized carbons (Fsp3) is 0.500. The highest BCUT2D eigenvalue weighted by Gasteiger charge is 2.29. The summed E-state index contributed by atoms with van der Waals surface area (Å²) in [5.41, 5.74) is 0. The number of carbonyl (C=O) groups is 1. The number of nitrogens with zero attached hydrogens (tertiary/aromatic N) is 2. The molecule has 11 heteroatoms. The van der Waals surface area contributed by atoms with Crippen molar-refractivity contribution in [3.63, 3.8) is 0 Å². The zero-order valence-electron chi connectivity index (χ0n) is 9.38. The van der Waals surface area contributed by atoms with E-state index in [0.717, 1.165) is 12.4 Å². The molecular weight excluding hydrogens is 291 g/mol. The molecule has 1 aromatic rings. The van der Waals surface area contributed by atoms with Crippen LogP contribution in [0.3, 0.4) is 0 Å². The highest BCUT2D eigenvalue weighted by atomic mass is 32.2. The molecule has 0 spiro atoms. The first-order valence-corrected chi connectivity index (χ1v) is 6.39. The van der Waals surface area contributed by atoms with Gasteiger partial charge in [-0.05, 0) is 0 Å². The number of rotatable bonds is 6. The number of carboxylic acid groups (broad SMARTS) is 1. The molecule has 0 aliphatic carbocycles. The Bertz CT molecular complexity index is 552. The van der Waals surface area contributed by atoms with Crippen LogP contribution in [-0.2, 0) is 21.4 Å². The minimum absolute atomic E-state index is 0.359. The van der Waals surface area contributed by atoms with Crippen molar-refractivity contribution in [2.24, 2.45) is 0 Å². The molecule has 1 aromatic heterocycles. The summed E-state index contributed by atoms with van der Waals surface area (Å²) in [5.74, 6) is -1.20. The Labute approximate surface area is 106 Å². The van der Waals surface area contributed by atoms with Crippen LogP contribution < -0.4 is 4.72 Å². The number of sulfonamides is 1. The van der Waals surface area contributed by atoms with Gasteiger partial charge in [-0.25, -0.2) is 13.1 Å². The summed E-state index contributed by atoms with van der Waals surface area (Å²) in [6, 6.07) is 0. The molecule has 0 bridgehead atoms. The molecule has 1 heterocycles. The molecule has 19 heavy (non-hydrogen) atoms. The van der Waals surface area contributed by atoms with Crippen molar-refractivity contribution in [2.45, 2.75) is 24.0 Å². The monoisotopic (exact) mass is 301 g/mol. The zero-order valence-corrected chi connectivity index (χ0v) is 10.2. The van der Waals surface area contributed by atoms with Gasteiger partial charge < -0.3 is 5.11 Å². The maximum atomic E-state index is 12.0. The highest BCUT2D eigenvalue weighted by Crippen LogP contribution is 2.18. The van der Waals surface area contributed by atoms with Gasteiger partial charge in [-0.1, -0.05) is 0 Å². The first-order valence-electron chi connectivity index (χ1n) is 4.91. The predicted octanol–water partition coefficient (Wildman–Crippen LogP) is 0.198. The first-order chi connectivity index (χ1) is 8.60. The van der Waals surface area contributed by atoms with Crippen molar-refractivity contribution in [3.8, 4) is 0 Å². The molecule has 0 aliphatic rings. The normalized spacial score (nSPS) is 12.6. The summed E-state index contributed by atoms with van der Waals surface area (Å²) >= 11 is 0. The molecule has 0 saturated carbocycles. The Morgan fingerprint density at radius 2 is 2.11 bits per heavy atom. The zero-order chi connectivity index (χ0) is 14.7. The van der Waals surface area contributed by atoms with E-state index in [2.05, 4.69) is 5.10 Å². The van der Waals surface area contributed by atoms with E-state index in [1.807, 2.05) is 4.72 Å². The summed E-state index contributed by atoms with van der Waals surface area (Å²) in [5, 5.41) is 11.6. The van der Waals surface area contributed by atoms with Gasteiger partial charge >= 0.3 is 12.1 Å². The SMILES string of the molecule is O=C(O)CCNS(=O)(=O)c1cnn(CC(F)(F)F)c1. The van der Waals surface area contributed by atoms with E-state index in [-0.39, 0.29) is 6.54 Å². The van der Waals surface area contributed by atoms with E-state index < -0.39 is 40.0 Å². The van der Waals surface area contributed by atoms with Gasteiger partial charge in [0.05, 0.1) is 12.6 Å². The lowest BCUT2D eigenvalue weighted by molar-refractivity contribution is -0.142. The lowest BCUT2D eigenvalue weighted by Crippen LogP contribution is -2.26. The molecule has 0 saturated heterocycles. The summed E-state index contributed by atoms with van der Waals surface area (Å²) in [4.78, 5) is 9.75. The molecule has 0 unspecified atom stereocenters. The molecule has 2 N–H and O–H groups in total. The molecule has 7 nitrogen and oxygen atoms in total. The number of carboxylic acids is 1. The van der Waals surface area contributed by atoms with Crippen LogP contribution in [-0.4, -0.2) is 42.0 Å². The third-order valence-electron chi connectivity index (χ3n) is 1.89. The van der Waals surface area contributed by atoms with Gasteiger partial charge in [0.1, 0.15) is 11.4 Å². The second-order valence-electron chi connectivity index (χ2n) is 3.53. The van der Waals surface area contributed by atoms with Crippen LogP contribution in [0.25, 0.3) is 0 Å². The lowest BCUT2D eigenvalue weighted by Gasteiger charge is -2.05. The summed E-state index contributed by atoms with van der Waals surface area (Å²) in [6.07, 6.45) is -3.47. The highest BCUT2D eigenvalue weighted by molar-refractivity contribution is 7.89. The number of aromatic nitrogens is 2. The van der Waals surface area contributed by atoms with Crippen molar-refractivity contribution >= 4 is 16.0 Å². The molecule has 0 fully saturated rings. The summed E-state index contributed by atoms with van der Waals surface area (Å²) < 4.78 is 61.6. The van der Waals surface area contributed by atoms with Gasteiger partial charge in [-0.2, -0.15) is 18.3 Å². The van der Waals surface area contributed by atoms with Crippen molar-refractivity contribution in [1.29, 1.82) is 0 Å². The van der Waals surface area contributed by atoms with Crippen molar-refractivity contribution < 1.29 is 31.5 Å². The predicted molar refractivity (Wildman–Crippen MR) is 55.7 cm³/mol. The quantitative estimate of drug-likeness (QED) is 0.781. The van der Waals surface area contributed by atoms with Crippen molar-refractivity contribution in [3.05, 3.63) is 12.4 Å². The Kier molecular flexibility index (Phi) is 4.52. The fourth-order valence-corrected chi connectivity index (χ4v) is 2.11. The van der Waals surface area contributed by atoms with Crippen LogP contribution in [0.4, 0.5) is 13.2 Å². The average molecular weight is 301 g/mol. The molecule has 0 aliphatic heterocycles. The largest absolute Gasteiger partial charge is 0.481 e. The molecule has 0 atom stereocenters. The minimum atomic E-state index is -4.51. The molecule has 108 valence electrons. The second-order valence-corrected chi connectivity index (χ2v) is 5.30. The molecule has 1 rings (SSSR count). The van der Waals surface area contributed by atoms with Crippen LogP contribution in [0.1, 0.15) is 6.42 Å². The number of alkyl halides is 3. The van der Waals surface area contributed by atoms with Crippen LogP contribution in [0.15, 0.2) is 17.3 Å². The third kappa shape index (κ3) is 5.26. The van der Waals surface area contributed by atoms with Crippen LogP contribution in [0, 0.1) is 0 Å². The van der Waals surface area contributed by atoms with Crippen molar-refractivity contribution in [2.75, 3.05) is 6.54 Å². The van der Waals surface area contributed by atoms with Crippen LogP contribution >= 0.6 is 0 Å². The summed E-state index contributed by atoms with van der Waals surface area (Å²) in [6.45, 7) is -1.76. The van der Waals surface area contributed by atoms with E-state index >= 15 is 0 Å². The first kappa shape index (κ1) is 15.4. The Hall–Kier alpha value is -1.62. The van der Waals surface area contributed by atoms with E-state index in [0.29, 0.717) is 4.68 Å². The number of hydrogen-bond acceptors (Lipinski definition) is 4. The molecular formula is C8H10F3N3O4S. The van der Waals surface area contributed by atoms with Gasteiger partial charge in [-0.3, -0.25) is 9.48 Å². The molecule has 0 radical (unpaired) electrons. The van der Waals surface area contributed by atoms with E-state index in [1.165, 1.54) is 0 Å². The average Bonchev–Trinajstić information content (AvgIpc) is 2.62. The summed E-state index contributed by atoms with van der Waals surface area (Å²) in [7, 11) is -4.05. The number of aliphatic carboxylic acids is 1. The van der Waals surface area contributed by atoms with Gasteiger partial charge in [0.15, 0.2) is 0 Å². The van der Waals surface area contributed by atoms with Crippen molar-refractivity contribution in [1.82, 2.24) is 14.5 Å². The van der Waals surface area contributed by atoms with Crippen LogP contribution in [0.2, 0.25) is 0 Å². The Balaban J connectivity index is 2.71. The minimum Gasteiger partial charge on any atom is -0.481 e. The maximum absolute atomic E-state index is 12.0. The van der Waals surface area contributed by atoms with Gasteiger partial charge in [0.25, 0.3) is 0 Å². The van der Waals surface area contributed by atoms with E-state index in [4.69, 9.17) is 5.11 Å². The number of hydrogen-bond donors (Lipinski definition) is 2. The van der Waals surface area contributed by atoms with E-state index in [9.17, 15) is 26.4 Å². The maximum Gasteiger partial charge on any atom is 0.408 e. The Morgan fingerprint density at radius 1 is 1.47 bits per heavy atom. The smallest absolute Gasteiger partial charge is 0.408 e. The van der Waals surface area contributed by atoms with Crippen LogP contribution in [0.5, 0.6) is 0 Å². The molecule has 0 amide bonds. The third-order valence-corrected chi connectivity index (χ3v) is 3.31. The molecule has 0 aromatic carbocycles. The van der Waals surface area contributed by atoms with E-state index in [1.54, 1.807) is 0 Å². The van der Waals surface area contributed by atoms with Gasteiger partial charge in [-0.15, -0.1) is 0 Å². The standard InChI is InChI=1S/C8H10F3N3O4S/c9-8(10,11)5-14-4-6(3-12-14)19(17,18)13-2-1-7(15)16/h3-4,13H,1-2,5H2,(H,15,16). The van der Waals surface area contributed by atoms with Gasteiger partial charge in [0, 0.05) is 12.7 Å². The number of nitrogens with one attached hydrogen (secondary N) is 1. The second kappa shape index (κ2) is 5.57. The topological polar surface area (TPSA) is 101 Å².